The first-order chi connectivity index (χ1) is 10.1. The van der Waals surface area contributed by atoms with Crippen LogP contribution in [0.25, 0.3) is 0 Å². The highest BCUT2D eigenvalue weighted by Crippen LogP contribution is 2.32. The lowest BCUT2D eigenvalue weighted by Crippen LogP contribution is -2.47. The topological polar surface area (TPSA) is 32.3 Å². The first-order valence-corrected chi connectivity index (χ1v) is 9.08. The molecule has 1 amide bonds. The number of amides is 1. The molecule has 2 aliphatic rings. The van der Waals surface area contributed by atoms with Crippen LogP contribution in [0, 0.1) is 17.8 Å². The zero-order chi connectivity index (χ0) is 15.2. The fourth-order valence-electron chi connectivity index (χ4n) is 4.06. The van der Waals surface area contributed by atoms with Gasteiger partial charge in [-0.05, 0) is 38.1 Å². The van der Waals surface area contributed by atoms with Crippen molar-refractivity contribution in [2.24, 2.45) is 17.8 Å². The van der Waals surface area contributed by atoms with Gasteiger partial charge in [0.15, 0.2) is 0 Å². The highest BCUT2D eigenvalue weighted by atomic mass is 16.2. The molecule has 122 valence electrons. The van der Waals surface area contributed by atoms with E-state index in [0.29, 0.717) is 17.9 Å². The van der Waals surface area contributed by atoms with Crippen molar-refractivity contribution in [3.63, 3.8) is 0 Å². The van der Waals surface area contributed by atoms with Crippen LogP contribution in [-0.4, -0.2) is 37.0 Å². The van der Waals surface area contributed by atoms with Crippen LogP contribution in [0.5, 0.6) is 0 Å². The van der Waals surface area contributed by atoms with Crippen LogP contribution in [0.3, 0.4) is 0 Å². The molecule has 3 heteroatoms. The van der Waals surface area contributed by atoms with Crippen LogP contribution >= 0.6 is 0 Å². The third-order valence-electron chi connectivity index (χ3n) is 5.65. The standard InChI is InChI=1S/C18H34N2O/c1-14(2)17(13-15-7-5-4-6-8-15)18(21)20-11-9-16(19-3)10-12-20/h14-17,19H,4-13H2,1-3H3. The molecule has 1 atom stereocenters. The lowest BCUT2D eigenvalue weighted by molar-refractivity contribution is -0.139. The maximum Gasteiger partial charge on any atom is 0.225 e. The number of nitrogens with one attached hydrogen (secondary N) is 1. The third-order valence-corrected chi connectivity index (χ3v) is 5.65. The summed E-state index contributed by atoms with van der Waals surface area (Å²) in [6.45, 7) is 6.34. The van der Waals surface area contributed by atoms with Gasteiger partial charge in [-0.15, -0.1) is 0 Å². The molecule has 1 N–H and O–H groups in total. The quantitative estimate of drug-likeness (QED) is 0.842. The monoisotopic (exact) mass is 294 g/mol. The van der Waals surface area contributed by atoms with Gasteiger partial charge in [-0.1, -0.05) is 46.0 Å². The minimum atomic E-state index is 0.249. The maximum atomic E-state index is 12.9. The van der Waals surface area contributed by atoms with Gasteiger partial charge >= 0.3 is 0 Å². The van der Waals surface area contributed by atoms with E-state index in [0.717, 1.165) is 38.3 Å². The van der Waals surface area contributed by atoms with E-state index in [1.807, 2.05) is 7.05 Å². The van der Waals surface area contributed by atoms with Gasteiger partial charge < -0.3 is 10.2 Å². The molecule has 1 unspecified atom stereocenters. The Morgan fingerprint density at radius 3 is 2.24 bits per heavy atom. The summed E-state index contributed by atoms with van der Waals surface area (Å²) < 4.78 is 0. The second-order valence-electron chi connectivity index (χ2n) is 7.48. The summed E-state index contributed by atoms with van der Waals surface area (Å²) in [5, 5.41) is 3.34. The van der Waals surface area contributed by atoms with Gasteiger partial charge in [0.1, 0.15) is 0 Å². The molecular weight excluding hydrogens is 260 g/mol. The van der Waals surface area contributed by atoms with Crippen LogP contribution in [0.2, 0.25) is 0 Å². The fraction of sp³-hybridized carbons (Fsp3) is 0.944. The van der Waals surface area contributed by atoms with Crippen LogP contribution in [0.1, 0.15) is 65.2 Å². The zero-order valence-electron chi connectivity index (χ0n) is 14.2. The van der Waals surface area contributed by atoms with Crippen molar-refractivity contribution in [1.82, 2.24) is 10.2 Å². The molecule has 1 aliphatic heterocycles. The van der Waals surface area contributed by atoms with Crippen molar-refractivity contribution >= 4 is 5.91 Å². The minimum Gasteiger partial charge on any atom is -0.342 e. The number of nitrogens with zero attached hydrogens (tertiary/aromatic N) is 1. The third kappa shape index (κ3) is 4.70. The Bertz CT molecular complexity index is 315. The Balaban J connectivity index is 1.89. The largest absolute Gasteiger partial charge is 0.342 e. The van der Waals surface area contributed by atoms with Gasteiger partial charge in [-0.25, -0.2) is 0 Å². The zero-order valence-corrected chi connectivity index (χ0v) is 14.2. The molecule has 1 saturated heterocycles. The van der Waals surface area contributed by atoms with Crippen molar-refractivity contribution in [2.75, 3.05) is 20.1 Å². The van der Waals surface area contributed by atoms with Crippen LogP contribution in [-0.2, 0) is 4.79 Å². The second-order valence-corrected chi connectivity index (χ2v) is 7.48. The number of likely N-dealkylation sites (tertiary alicyclic amines) is 1. The Hall–Kier alpha value is -0.570. The SMILES string of the molecule is CNC1CCN(C(=O)C(CC2CCCCC2)C(C)C)CC1. The van der Waals surface area contributed by atoms with Crippen molar-refractivity contribution in [3.8, 4) is 0 Å². The predicted octanol–water partition coefficient (Wildman–Crippen LogP) is 3.44. The fourth-order valence-corrected chi connectivity index (χ4v) is 4.06. The highest BCUT2D eigenvalue weighted by Gasteiger charge is 2.31. The molecule has 0 radical (unpaired) electrons. The van der Waals surface area contributed by atoms with Crippen molar-refractivity contribution < 1.29 is 4.79 Å². The van der Waals surface area contributed by atoms with Gasteiger partial charge in [0.25, 0.3) is 0 Å². The number of hydrogen-bond acceptors (Lipinski definition) is 2. The van der Waals surface area contributed by atoms with Gasteiger partial charge in [0.05, 0.1) is 0 Å². The van der Waals surface area contributed by atoms with E-state index < -0.39 is 0 Å². The molecule has 2 fully saturated rings. The van der Waals surface area contributed by atoms with Crippen LogP contribution < -0.4 is 5.32 Å². The Morgan fingerprint density at radius 2 is 1.71 bits per heavy atom. The first kappa shape index (κ1) is 16.8. The molecular formula is C18H34N2O. The van der Waals surface area contributed by atoms with E-state index in [9.17, 15) is 4.79 Å². The smallest absolute Gasteiger partial charge is 0.225 e. The van der Waals surface area contributed by atoms with Crippen LogP contribution in [0.4, 0.5) is 0 Å². The van der Waals surface area contributed by atoms with E-state index in [2.05, 4.69) is 24.1 Å². The van der Waals surface area contributed by atoms with Crippen molar-refractivity contribution in [2.45, 2.75) is 71.3 Å². The summed E-state index contributed by atoms with van der Waals surface area (Å²) in [4.78, 5) is 15.1. The van der Waals surface area contributed by atoms with E-state index in [1.165, 1.54) is 32.1 Å². The lowest BCUT2D eigenvalue weighted by Gasteiger charge is -2.36. The summed E-state index contributed by atoms with van der Waals surface area (Å²) in [5.74, 6) is 1.95. The lowest BCUT2D eigenvalue weighted by atomic mass is 9.78. The first-order valence-electron chi connectivity index (χ1n) is 9.08. The molecule has 2 rings (SSSR count). The maximum absolute atomic E-state index is 12.9. The molecule has 0 aromatic heterocycles. The summed E-state index contributed by atoms with van der Waals surface area (Å²) in [7, 11) is 2.03. The van der Waals surface area contributed by atoms with E-state index in [-0.39, 0.29) is 5.92 Å². The summed E-state index contributed by atoms with van der Waals surface area (Å²) >= 11 is 0. The number of hydrogen-bond donors (Lipinski definition) is 1. The minimum absolute atomic E-state index is 0.249. The van der Waals surface area contributed by atoms with E-state index in [1.54, 1.807) is 0 Å². The molecule has 0 aromatic rings. The summed E-state index contributed by atoms with van der Waals surface area (Å²) in [5.41, 5.74) is 0. The van der Waals surface area contributed by atoms with Crippen molar-refractivity contribution in [1.29, 1.82) is 0 Å². The van der Waals surface area contributed by atoms with Gasteiger partial charge in [0, 0.05) is 25.0 Å². The molecule has 0 aromatic carbocycles. The van der Waals surface area contributed by atoms with Crippen LogP contribution in [0.15, 0.2) is 0 Å². The Labute approximate surface area is 130 Å². The van der Waals surface area contributed by atoms with E-state index >= 15 is 0 Å². The van der Waals surface area contributed by atoms with Gasteiger partial charge in [-0.2, -0.15) is 0 Å². The predicted molar refractivity (Wildman–Crippen MR) is 88.2 cm³/mol. The molecule has 1 aliphatic carbocycles. The molecule has 3 nitrogen and oxygen atoms in total. The summed E-state index contributed by atoms with van der Waals surface area (Å²) in [6.07, 6.45) is 10.2. The molecule has 0 bridgehead atoms. The molecule has 1 saturated carbocycles. The van der Waals surface area contributed by atoms with Crippen molar-refractivity contribution in [3.05, 3.63) is 0 Å². The Morgan fingerprint density at radius 1 is 1.10 bits per heavy atom. The average molecular weight is 294 g/mol. The van der Waals surface area contributed by atoms with Gasteiger partial charge in [-0.3, -0.25) is 4.79 Å². The normalized spacial score (nSPS) is 23.5. The van der Waals surface area contributed by atoms with E-state index in [4.69, 9.17) is 0 Å². The molecule has 21 heavy (non-hydrogen) atoms. The summed E-state index contributed by atoms with van der Waals surface area (Å²) in [6, 6.07) is 0.602. The average Bonchev–Trinajstić information content (AvgIpc) is 2.53. The number of carbonyl (C=O) groups is 1. The molecule has 1 heterocycles. The Kier molecular flexibility index (Phi) is 6.53. The van der Waals surface area contributed by atoms with Gasteiger partial charge in [0.2, 0.25) is 5.91 Å². The number of piperidine rings is 1. The second kappa shape index (κ2) is 8.17. The highest BCUT2D eigenvalue weighted by molar-refractivity contribution is 5.79. The number of rotatable bonds is 5. The molecule has 0 spiro atoms. The number of carbonyl (C=O) groups excluding carboxylic acids is 1.